The molecule has 378 valence electrons. The smallest absolute Gasteiger partial charge is 0.0748 e. The zero-order valence-corrected chi connectivity index (χ0v) is 44.8. The molecular formula is C78H56N2. The molecule has 0 N–H and O–H groups in total. The van der Waals surface area contributed by atoms with Gasteiger partial charge in [-0.3, -0.25) is 0 Å². The van der Waals surface area contributed by atoms with Crippen LogP contribution in [0.25, 0.3) is 66.1 Å². The molecule has 2 heterocycles. The quantitative estimate of drug-likeness (QED) is 0.140. The van der Waals surface area contributed by atoms with Crippen molar-refractivity contribution < 1.29 is 0 Å². The SMILES string of the molecule is CN1c2ccccc2C(c2ccccc2)(c2ccccc2)c2c(-c3cccc4c(-c5ccccc5-c5ccccc5)c5cccc(-c6cccc7c6C(c6ccccc6)(c6ccccc6)c6ccccc6N7C)c5cc34)cccc21. The second-order valence-electron chi connectivity index (χ2n) is 21.5. The van der Waals surface area contributed by atoms with Crippen molar-refractivity contribution in [3.63, 3.8) is 0 Å². The van der Waals surface area contributed by atoms with E-state index >= 15 is 0 Å². The summed E-state index contributed by atoms with van der Waals surface area (Å²) in [5.41, 5.74) is 22.9. The maximum absolute atomic E-state index is 2.54. The number of fused-ring (bicyclic) bond motifs is 6. The number of benzene rings is 13. The van der Waals surface area contributed by atoms with Gasteiger partial charge in [0.2, 0.25) is 0 Å². The van der Waals surface area contributed by atoms with E-state index in [9.17, 15) is 0 Å². The van der Waals surface area contributed by atoms with Crippen LogP contribution in [0.2, 0.25) is 0 Å². The molecule has 0 spiro atoms. The van der Waals surface area contributed by atoms with Crippen LogP contribution in [-0.2, 0) is 10.8 Å². The monoisotopic (exact) mass is 1020 g/mol. The Hall–Kier alpha value is -10.0. The summed E-state index contributed by atoms with van der Waals surface area (Å²) in [5, 5.41) is 4.79. The van der Waals surface area contributed by atoms with E-state index in [1.54, 1.807) is 0 Å². The van der Waals surface area contributed by atoms with Gasteiger partial charge in [0.05, 0.1) is 10.8 Å². The third-order valence-corrected chi connectivity index (χ3v) is 17.6. The van der Waals surface area contributed by atoms with Crippen molar-refractivity contribution in [3.05, 3.63) is 348 Å². The largest absolute Gasteiger partial charge is 0.344 e. The van der Waals surface area contributed by atoms with Crippen LogP contribution in [0.1, 0.15) is 44.5 Å². The van der Waals surface area contributed by atoms with Gasteiger partial charge in [0.15, 0.2) is 0 Å². The van der Waals surface area contributed by atoms with E-state index in [2.05, 4.69) is 327 Å². The summed E-state index contributed by atoms with van der Waals surface area (Å²) in [6.07, 6.45) is 0. The van der Waals surface area contributed by atoms with Gasteiger partial charge in [-0.25, -0.2) is 0 Å². The molecule has 2 heteroatoms. The first-order valence-electron chi connectivity index (χ1n) is 27.9. The normalized spacial score (nSPS) is 13.8. The van der Waals surface area contributed by atoms with Crippen LogP contribution < -0.4 is 9.80 Å². The van der Waals surface area contributed by atoms with Crippen molar-refractivity contribution >= 4 is 44.3 Å². The summed E-state index contributed by atoms with van der Waals surface area (Å²) in [7, 11) is 4.48. The Morgan fingerprint density at radius 1 is 0.237 bits per heavy atom. The Morgan fingerprint density at radius 2 is 0.550 bits per heavy atom. The van der Waals surface area contributed by atoms with Crippen molar-refractivity contribution in [2.75, 3.05) is 23.9 Å². The lowest BCUT2D eigenvalue weighted by Crippen LogP contribution is -2.38. The fourth-order valence-electron chi connectivity index (χ4n) is 14.4. The number of hydrogen-bond acceptors (Lipinski definition) is 2. The molecule has 13 aromatic rings. The minimum atomic E-state index is -0.673. The van der Waals surface area contributed by atoms with E-state index in [0.717, 1.165) is 0 Å². The molecule has 2 nitrogen and oxygen atoms in total. The highest BCUT2D eigenvalue weighted by atomic mass is 15.1. The molecule has 13 aromatic carbocycles. The minimum absolute atomic E-state index is 0.673. The van der Waals surface area contributed by atoms with Gasteiger partial charge in [0, 0.05) is 48.0 Å². The van der Waals surface area contributed by atoms with Gasteiger partial charge in [-0.05, 0) is 130 Å². The van der Waals surface area contributed by atoms with Crippen LogP contribution in [-0.4, -0.2) is 14.1 Å². The lowest BCUT2D eigenvalue weighted by Gasteiger charge is -2.46. The minimum Gasteiger partial charge on any atom is -0.344 e. The van der Waals surface area contributed by atoms with Crippen LogP contribution in [0.15, 0.2) is 303 Å². The highest BCUT2D eigenvalue weighted by Gasteiger charge is 2.49. The molecule has 2 aliphatic rings. The van der Waals surface area contributed by atoms with Crippen molar-refractivity contribution in [3.8, 4) is 44.5 Å². The molecule has 0 radical (unpaired) electrons. The number of nitrogens with zero attached hydrogens (tertiary/aromatic N) is 2. The average molecular weight is 1020 g/mol. The van der Waals surface area contributed by atoms with Gasteiger partial charge in [0.1, 0.15) is 0 Å². The van der Waals surface area contributed by atoms with Crippen molar-refractivity contribution in [2.45, 2.75) is 10.8 Å². The van der Waals surface area contributed by atoms with E-state index in [4.69, 9.17) is 0 Å². The fourth-order valence-corrected chi connectivity index (χ4v) is 14.4. The van der Waals surface area contributed by atoms with E-state index in [1.807, 2.05) is 0 Å². The molecule has 0 aliphatic carbocycles. The third kappa shape index (κ3) is 6.85. The summed E-state index contributed by atoms with van der Waals surface area (Å²) in [4.78, 5) is 4.83. The molecule has 0 unspecified atom stereocenters. The van der Waals surface area contributed by atoms with Gasteiger partial charge in [-0.2, -0.15) is 0 Å². The molecule has 0 atom stereocenters. The molecule has 0 aromatic heterocycles. The molecule has 0 saturated heterocycles. The second-order valence-corrected chi connectivity index (χ2v) is 21.5. The summed E-state index contributed by atoms with van der Waals surface area (Å²) < 4.78 is 0. The maximum Gasteiger partial charge on any atom is 0.0748 e. The predicted octanol–water partition coefficient (Wildman–Crippen LogP) is 19.6. The van der Waals surface area contributed by atoms with Gasteiger partial charge < -0.3 is 9.80 Å². The zero-order chi connectivity index (χ0) is 53.4. The average Bonchev–Trinajstić information content (AvgIpc) is 3.38. The summed E-state index contributed by atoms with van der Waals surface area (Å²) in [5.74, 6) is 0. The third-order valence-electron chi connectivity index (χ3n) is 17.6. The summed E-state index contributed by atoms with van der Waals surface area (Å²) >= 11 is 0. The Balaban J connectivity index is 1.10. The lowest BCUT2D eigenvalue weighted by atomic mass is 9.60. The number of para-hydroxylation sites is 2. The van der Waals surface area contributed by atoms with Crippen LogP contribution >= 0.6 is 0 Å². The molecule has 2 aliphatic heterocycles. The van der Waals surface area contributed by atoms with E-state index in [-0.39, 0.29) is 0 Å². The Kier molecular flexibility index (Phi) is 11.1. The Labute approximate surface area is 468 Å². The first-order chi connectivity index (χ1) is 39.6. The van der Waals surface area contributed by atoms with Crippen molar-refractivity contribution in [2.24, 2.45) is 0 Å². The molecule has 0 amide bonds. The first kappa shape index (κ1) is 47.2. The van der Waals surface area contributed by atoms with E-state index in [1.165, 1.54) is 133 Å². The van der Waals surface area contributed by atoms with Crippen LogP contribution in [0.5, 0.6) is 0 Å². The number of rotatable bonds is 8. The van der Waals surface area contributed by atoms with Gasteiger partial charge in [0.25, 0.3) is 0 Å². The standard InChI is InChI=1S/C78H56N2/c1-79-70-48-22-20-46-68(70)77(54-30-10-4-11-31-54,55-32-12-5-13-33-55)75-64(44-26-50-72(75)79)59-40-24-42-62-66(59)52-67-60(41-25-43-63(67)74(62)61-39-19-18-38-58(61)53-28-8-3-9-29-53)65-45-27-51-73-76(65)78(56-34-14-6-15-35-56,57-36-16-7-17-37-57)69-47-21-23-49-71(69)80(73)2/h3-52H,1-2H3. The Bertz CT molecular complexity index is 4170. The predicted molar refractivity (Wildman–Crippen MR) is 336 cm³/mol. The summed E-state index contributed by atoms with van der Waals surface area (Å²) in [6.45, 7) is 0. The molecule has 0 fully saturated rings. The van der Waals surface area contributed by atoms with E-state index < -0.39 is 10.8 Å². The number of hydrogen-bond donors (Lipinski definition) is 0. The highest BCUT2D eigenvalue weighted by Crippen LogP contribution is 2.61. The van der Waals surface area contributed by atoms with Gasteiger partial charge in [-0.15, -0.1) is 0 Å². The molecule has 0 saturated carbocycles. The lowest BCUT2D eigenvalue weighted by molar-refractivity contribution is 0.729. The molecular weight excluding hydrogens is 965 g/mol. The van der Waals surface area contributed by atoms with E-state index in [0.29, 0.717) is 0 Å². The van der Waals surface area contributed by atoms with Crippen LogP contribution in [0, 0.1) is 0 Å². The van der Waals surface area contributed by atoms with Crippen molar-refractivity contribution in [1.29, 1.82) is 0 Å². The number of anilines is 4. The van der Waals surface area contributed by atoms with Crippen LogP contribution in [0.3, 0.4) is 0 Å². The van der Waals surface area contributed by atoms with Gasteiger partial charge in [-0.1, -0.05) is 273 Å². The zero-order valence-electron chi connectivity index (χ0n) is 44.8. The maximum atomic E-state index is 2.54. The molecule has 80 heavy (non-hydrogen) atoms. The summed E-state index contributed by atoms with van der Waals surface area (Å²) in [6, 6.07) is 113. The Morgan fingerprint density at radius 3 is 0.975 bits per heavy atom. The first-order valence-corrected chi connectivity index (χ1v) is 27.9. The molecule has 15 rings (SSSR count). The van der Waals surface area contributed by atoms with Gasteiger partial charge >= 0.3 is 0 Å². The van der Waals surface area contributed by atoms with Crippen LogP contribution in [0.4, 0.5) is 22.7 Å². The highest BCUT2D eigenvalue weighted by molar-refractivity contribution is 6.21. The topological polar surface area (TPSA) is 6.48 Å². The van der Waals surface area contributed by atoms with Crippen molar-refractivity contribution in [1.82, 2.24) is 0 Å². The fraction of sp³-hybridized carbons (Fsp3) is 0.0513. The second kappa shape index (κ2) is 18.9. The molecule has 0 bridgehead atoms.